The fourth-order valence-electron chi connectivity index (χ4n) is 9.06. The number of carbonyl (C=O) groups is 4. The molecule has 278 valence electrons. The summed E-state index contributed by atoms with van der Waals surface area (Å²) in [5.41, 5.74) is 0.607. The number of aliphatic hydroxyl groups excluding tert-OH is 1. The van der Waals surface area contributed by atoms with Crippen molar-refractivity contribution in [1.29, 1.82) is 0 Å². The van der Waals surface area contributed by atoms with Crippen molar-refractivity contribution in [2.24, 2.45) is 34.3 Å². The number of hydrogen-bond donors (Lipinski definition) is 3. The van der Waals surface area contributed by atoms with Crippen LogP contribution in [0.2, 0.25) is 0 Å². The van der Waals surface area contributed by atoms with E-state index in [0.29, 0.717) is 30.4 Å². The summed E-state index contributed by atoms with van der Waals surface area (Å²) in [6, 6.07) is 5.05. The molecule has 15 heteroatoms. The number of carbonyl (C=O) groups excluding carboxylic acids is 4. The van der Waals surface area contributed by atoms with Gasteiger partial charge in [0.15, 0.2) is 18.1 Å². The van der Waals surface area contributed by atoms with E-state index in [-0.39, 0.29) is 50.4 Å². The third kappa shape index (κ3) is 6.78. The molecule has 0 saturated heterocycles. The predicted molar refractivity (Wildman–Crippen MR) is 176 cm³/mol. The standard InChI is InChI=1S/C36H45FN2O12/c1-21-16-27-26-11-8-23-18-24(40)12-13-33(23,2)35(26,37)29(41)19-34(27,3)36(21,45)30(42)20-49-32(44)51-25-9-6-22(7-10-25)17-28(38)31(43)48-14-4-5-15-50-39(46)47/h6-10,12-13,21,26-29,41,45H,4-5,11,14-20,38H2,1-3H3/t21-,26-,27-,28-,29-,33-,34-,35-,36-/m0/s1. The Bertz CT molecular complexity index is 1610. The summed E-state index contributed by atoms with van der Waals surface area (Å²) in [4.78, 5) is 64.9. The number of allylic oxidation sites excluding steroid dienone is 4. The van der Waals surface area contributed by atoms with Crippen LogP contribution in [0.25, 0.3) is 0 Å². The van der Waals surface area contributed by atoms with E-state index in [0.717, 1.165) is 0 Å². The number of hydrogen-bond acceptors (Lipinski definition) is 13. The maximum Gasteiger partial charge on any atom is 0.514 e. The van der Waals surface area contributed by atoms with Crippen LogP contribution in [0.4, 0.5) is 9.18 Å². The van der Waals surface area contributed by atoms with Gasteiger partial charge in [0.2, 0.25) is 5.78 Å². The fraction of sp³-hybridized carbons (Fsp3) is 0.611. The average molecular weight is 717 g/mol. The molecule has 0 amide bonds. The first-order valence-electron chi connectivity index (χ1n) is 17.1. The van der Waals surface area contributed by atoms with Crippen molar-refractivity contribution in [1.82, 2.24) is 0 Å². The van der Waals surface area contributed by atoms with Crippen LogP contribution >= 0.6 is 0 Å². The number of ether oxygens (including phenoxy) is 3. The summed E-state index contributed by atoms with van der Waals surface area (Å²) in [6.45, 7) is 4.19. The first-order chi connectivity index (χ1) is 24.0. The lowest BCUT2D eigenvalue weighted by atomic mass is 9.45. The molecule has 0 aromatic heterocycles. The second-order valence-corrected chi connectivity index (χ2v) is 14.6. The van der Waals surface area contributed by atoms with Gasteiger partial charge in [0, 0.05) is 23.2 Å². The SMILES string of the molecule is C[C@H]1C[C@H]2[C@@H]3CC=C4CC(=O)C=C[C@]4(C)[C@@]3(F)[C@@H](O)C[C@]2(C)[C@@]1(O)C(=O)COC(=O)Oc1ccc(C[C@H](N)C(=O)OCCCCO[N+](=O)[O-])cc1. The van der Waals surface area contributed by atoms with Gasteiger partial charge in [-0.2, -0.15) is 0 Å². The molecule has 1 aromatic rings. The van der Waals surface area contributed by atoms with Crippen molar-refractivity contribution in [3.63, 3.8) is 0 Å². The molecular weight excluding hydrogens is 671 g/mol. The quantitative estimate of drug-likeness (QED) is 0.0666. The monoisotopic (exact) mass is 716 g/mol. The third-order valence-electron chi connectivity index (χ3n) is 11.8. The molecule has 9 atom stereocenters. The van der Waals surface area contributed by atoms with Crippen LogP contribution in [0, 0.1) is 38.7 Å². The number of unbranched alkanes of at least 4 members (excludes halogenated alkanes) is 1. The molecule has 0 bridgehead atoms. The summed E-state index contributed by atoms with van der Waals surface area (Å²) in [5, 5.41) is 32.8. The molecule has 2 saturated carbocycles. The summed E-state index contributed by atoms with van der Waals surface area (Å²) in [6.07, 6.45) is 3.29. The van der Waals surface area contributed by atoms with Crippen LogP contribution in [0.3, 0.4) is 0 Å². The van der Waals surface area contributed by atoms with Crippen LogP contribution in [0.1, 0.15) is 64.9 Å². The average Bonchev–Trinajstić information content (AvgIpc) is 3.28. The number of nitrogens with zero attached hydrogens (tertiary/aromatic N) is 1. The molecule has 4 N–H and O–H groups in total. The number of fused-ring (bicyclic) bond motifs is 5. The second kappa shape index (κ2) is 14.4. The van der Waals surface area contributed by atoms with Gasteiger partial charge in [0.1, 0.15) is 17.4 Å². The molecule has 14 nitrogen and oxygen atoms in total. The van der Waals surface area contributed by atoms with Crippen LogP contribution in [-0.2, 0) is 35.1 Å². The highest BCUT2D eigenvalue weighted by atomic mass is 19.1. The lowest BCUT2D eigenvalue weighted by molar-refractivity contribution is -0.757. The molecule has 4 aliphatic rings. The number of Topliss-reactive ketones (excluding diaryl/α,β-unsaturated/α-hetero) is 1. The number of benzene rings is 1. The van der Waals surface area contributed by atoms with Gasteiger partial charge >= 0.3 is 12.1 Å². The van der Waals surface area contributed by atoms with E-state index in [1.807, 2.05) is 6.08 Å². The summed E-state index contributed by atoms with van der Waals surface area (Å²) in [5.74, 6) is -3.33. The molecule has 0 aliphatic heterocycles. The Balaban J connectivity index is 1.15. The highest BCUT2D eigenvalue weighted by Gasteiger charge is 2.75. The minimum absolute atomic E-state index is 0.0294. The molecule has 0 radical (unpaired) electrons. The van der Waals surface area contributed by atoms with Crippen LogP contribution in [0.15, 0.2) is 48.1 Å². The van der Waals surface area contributed by atoms with E-state index in [2.05, 4.69) is 4.84 Å². The first kappa shape index (κ1) is 38.0. The zero-order valence-electron chi connectivity index (χ0n) is 28.9. The Labute approximate surface area is 294 Å². The van der Waals surface area contributed by atoms with Crippen LogP contribution < -0.4 is 10.5 Å². The number of nitrogens with two attached hydrogens (primary N) is 1. The minimum Gasteiger partial charge on any atom is -0.465 e. The van der Waals surface area contributed by atoms with Crippen molar-refractivity contribution in [3.05, 3.63) is 63.7 Å². The van der Waals surface area contributed by atoms with Gasteiger partial charge in [0.05, 0.1) is 19.3 Å². The maximum atomic E-state index is 17.4. The number of halogens is 1. The number of alkyl halides is 1. The molecule has 0 heterocycles. The molecule has 4 aliphatic carbocycles. The summed E-state index contributed by atoms with van der Waals surface area (Å²) >= 11 is 0. The third-order valence-corrected chi connectivity index (χ3v) is 11.8. The molecule has 0 unspecified atom stereocenters. The van der Waals surface area contributed by atoms with Crippen molar-refractivity contribution in [3.8, 4) is 5.75 Å². The second-order valence-electron chi connectivity index (χ2n) is 14.6. The van der Waals surface area contributed by atoms with Gasteiger partial charge in [-0.25, -0.2) is 9.18 Å². The van der Waals surface area contributed by atoms with E-state index < -0.39 is 81.6 Å². The lowest BCUT2D eigenvalue weighted by Gasteiger charge is -2.62. The van der Waals surface area contributed by atoms with Crippen molar-refractivity contribution in [2.75, 3.05) is 19.8 Å². The highest BCUT2D eigenvalue weighted by Crippen LogP contribution is 2.70. The van der Waals surface area contributed by atoms with Gasteiger partial charge in [-0.05, 0) is 81.1 Å². The smallest absolute Gasteiger partial charge is 0.465 e. The van der Waals surface area contributed by atoms with Crippen molar-refractivity contribution in [2.45, 2.75) is 89.1 Å². The molecule has 0 spiro atoms. The number of aliphatic hydroxyl groups is 2. The van der Waals surface area contributed by atoms with Gasteiger partial charge in [-0.1, -0.05) is 43.7 Å². The number of ketones is 2. The van der Waals surface area contributed by atoms with E-state index in [4.69, 9.17) is 19.9 Å². The summed E-state index contributed by atoms with van der Waals surface area (Å²) < 4.78 is 32.8. The maximum absolute atomic E-state index is 17.4. The number of esters is 1. The molecule has 2 fully saturated rings. The Hall–Kier alpha value is -4.21. The highest BCUT2D eigenvalue weighted by molar-refractivity contribution is 5.94. The predicted octanol–water partition coefficient (Wildman–Crippen LogP) is 3.52. The molecule has 5 rings (SSSR count). The van der Waals surface area contributed by atoms with E-state index >= 15 is 4.39 Å². The van der Waals surface area contributed by atoms with Crippen LogP contribution in [-0.4, -0.2) is 82.2 Å². The number of rotatable bonds is 13. The zero-order valence-corrected chi connectivity index (χ0v) is 28.9. The Kier molecular flexibility index (Phi) is 10.8. The van der Waals surface area contributed by atoms with Crippen molar-refractivity contribution < 1.29 is 57.9 Å². The zero-order chi connectivity index (χ0) is 37.4. The van der Waals surface area contributed by atoms with E-state index in [9.17, 15) is 39.5 Å². The van der Waals surface area contributed by atoms with Crippen molar-refractivity contribution >= 4 is 23.7 Å². The Morgan fingerprint density at radius 1 is 1.12 bits per heavy atom. The first-order valence-corrected chi connectivity index (χ1v) is 17.1. The van der Waals surface area contributed by atoms with Crippen LogP contribution in [0.5, 0.6) is 5.75 Å². The molecule has 1 aromatic carbocycles. The van der Waals surface area contributed by atoms with Gasteiger partial charge in [-0.3, -0.25) is 14.4 Å². The normalized spacial score (nSPS) is 34.3. The molecule has 51 heavy (non-hydrogen) atoms. The van der Waals surface area contributed by atoms with Gasteiger partial charge in [-0.15, -0.1) is 10.1 Å². The van der Waals surface area contributed by atoms with E-state index in [1.165, 1.54) is 18.2 Å². The molecular formula is C36H45FN2O12. The lowest BCUT2D eigenvalue weighted by Crippen LogP contribution is -2.69. The van der Waals surface area contributed by atoms with E-state index in [1.54, 1.807) is 39.0 Å². The minimum atomic E-state index is -2.11. The Morgan fingerprint density at radius 3 is 2.49 bits per heavy atom. The van der Waals surface area contributed by atoms with Gasteiger partial charge in [0.25, 0.3) is 5.09 Å². The topological polar surface area (TPSA) is 215 Å². The van der Waals surface area contributed by atoms with Gasteiger partial charge < -0.3 is 35.0 Å². The fourth-order valence-corrected chi connectivity index (χ4v) is 9.06. The largest absolute Gasteiger partial charge is 0.514 e. The summed E-state index contributed by atoms with van der Waals surface area (Å²) in [7, 11) is 0. The Morgan fingerprint density at radius 2 is 1.80 bits per heavy atom.